The second kappa shape index (κ2) is 8.88. The van der Waals surface area contributed by atoms with E-state index >= 15 is 0 Å². The molecular weight excluding hydrogens is 546 g/mol. The summed E-state index contributed by atoms with van der Waals surface area (Å²) in [6.45, 7) is 3.05. The quantitative estimate of drug-likeness (QED) is 0.124. The molecule has 11 nitrogen and oxygen atoms in total. The molecule has 2 aliphatic rings. The number of fused-ring (bicyclic) bond motifs is 1. The molecule has 13 heteroatoms. The second-order valence-corrected chi connectivity index (χ2v) is 11.9. The van der Waals surface area contributed by atoms with Crippen LogP contribution in [0.25, 0.3) is 0 Å². The van der Waals surface area contributed by atoms with Crippen molar-refractivity contribution in [2.45, 2.75) is 47.4 Å². The van der Waals surface area contributed by atoms with E-state index < -0.39 is 53.4 Å². The van der Waals surface area contributed by atoms with Crippen molar-refractivity contribution in [3.63, 3.8) is 0 Å². The van der Waals surface area contributed by atoms with Crippen molar-refractivity contribution >= 4 is 50.4 Å². The summed E-state index contributed by atoms with van der Waals surface area (Å²) in [5.41, 5.74) is -0.854. The smallest absolute Gasteiger partial charge is 0.338 e. The van der Waals surface area contributed by atoms with Gasteiger partial charge in [0, 0.05) is 30.7 Å². The maximum Gasteiger partial charge on any atom is 0.338 e. The van der Waals surface area contributed by atoms with Gasteiger partial charge in [0.2, 0.25) is 11.3 Å². The van der Waals surface area contributed by atoms with Crippen molar-refractivity contribution in [3.8, 4) is 0 Å². The predicted molar refractivity (Wildman–Crippen MR) is 128 cm³/mol. The maximum absolute atomic E-state index is 13.7. The van der Waals surface area contributed by atoms with Gasteiger partial charge in [0.05, 0.1) is 9.85 Å². The number of nitro benzene ring substituents is 2. The van der Waals surface area contributed by atoms with Crippen molar-refractivity contribution in [3.05, 3.63) is 79.9 Å². The lowest BCUT2D eigenvalue weighted by Crippen LogP contribution is -2.72. The standard InChI is InChI=1S/C22H20BrN3O8S/c1-21(2)22(24-18(27)17(23)19(24)35(21)33,11-13-3-7-15(8-4-13)25(29)30)20(28)34-12-14-5-9-16(10-6-14)26(31)32/h3-10,17,19H,11-12H2,1-2H3/t17?,19-,22+,35?/m1/s1. The van der Waals surface area contributed by atoms with Crippen LogP contribution in [0.4, 0.5) is 11.4 Å². The lowest BCUT2D eigenvalue weighted by molar-refractivity contribution is -0.385. The molecule has 184 valence electrons. The number of ether oxygens (including phenoxy) is 1. The van der Waals surface area contributed by atoms with Crippen LogP contribution in [0, 0.1) is 20.2 Å². The van der Waals surface area contributed by atoms with Gasteiger partial charge in [-0.2, -0.15) is 0 Å². The van der Waals surface area contributed by atoms with Gasteiger partial charge in [-0.15, -0.1) is 0 Å². The highest BCUT2D eigenvalue weighted by molar-refractivity contribution is 9.10. The number of non-ortho nitro benzene ring substituents is 2. The summed E-state index contributed by atoms with van der Waals surface area (Å²) in [6.07, 6.45) is -0.0647. The molecule has 1 amide bonds. The molecule has 35 heavy (non-hydrogen) atoms. The molecule has 2 aromatic carbocycles. The topological polar surface area (TPSA) is 156 Å². The number of amides is 1. The van der Waals surface area contributed by atoms with E-state index in [1.165, 1.54) is 53.4 Å². The molecular formula is C22H20BrN3O8S. The molecule has 0 aliphatic carbocycles. The van der Waals surface area contributed by atoms with Crippen molar-refractivity contribution in [2.24, 2.45) is 0 Å². The fourth-order valence-corrected chi connectivity index (χ4v) is 7.57. The van der Waals surface area contributed by atoms with Crippen LogP contribution in [-0.4, -0.2) is 51.7 Å². The second-order valence-electron chi connectivity index (χ2n) is 8.77. The minimum Gasteiger partial charge on any atom is -0.614 e. The van der Waals surface area contributed by atoms with Crippen LogP contribution in [0.2, 0.25) is 0 Å². The van der Waals surface area contributed by atoms with Gasteiger partial charge in [0.1, 0.15) is 6.61 Å². The number of alkyl halides is 1. The number of nitrogens with zero attached hydrogens (tertiary/aromatic N) is 3. The van der Waals surface area contributed by atoms with E-state index in [-0.39, 0.29) is 24.4 Å². The highest BCUT2D eigenvalue weighted by Gasteiger charge is 2.80. The Hall–Kier alpha value is -3.03. The summed E-state index contributed by atoms with van der Waals surface area (Å²) in [5.74, 6) is -1.18. The molecule has 0 radical (unpaired) electrons. The van der Waals surface area contributed by atoms with Crippen LogP contribution in [0.3, 0.4) is 0 Å². The zero-order valence-electron chi connectivity index (χ0n) is 18.6. The summed E-state index contributed by atoms with van der Waals surface area (Å²) in [5, 5.41) is 21.2. The van der Waals surface area contributed by atoms with Gasteiger partial charge in [-0.05, 0) is 48.3 Å². The summed E-state index contributed by atoms with van der Waals surface area (Å²) < 4.78 is 17.8. The summed E-state index contributed by atoms with van der Waals surface area (Å²) in [7, 11) is 0. The molecule has 2 saturated heterocycles. The number of hydrogen-bond acceptors (Lipinski definition) is 8. The first kappa shape index (κ1) is 25.1. The monoisotopic (exact) mass is 565 g/mol. The number of benzene rings is 2. The molecule has 4 rings (SSSR count). The normalized spacial score (nSPS) is 26.6. The Morgan fingerprint density at radius 2 is 1.51 bits per heavy atom. The molecule has 0 spiro atoms. The first-order valence-corrected chi connectivity index (χ1v) is 12.6. The molecule has 2 heterocycles. The van der Waals surface area contributed by atoms with E-state index in [0.29, 0.717) is 11.1 Å². The Kier molecular flexibility index (Phi) is 6.36. The van der Waals surface area contributed by atoms with E-state index in [2.05, 4.69) is 15.9 Å². The van der Waals surface area contributed by atoms with Gasteiger partial charge in [-0.25, -0.2) is 4.79 Å². The van der Waals surface area contributed by atoms with Gasteiger partial charge < -0.3 is 9.29 Å². The largest absolute Gasteiger partial charge is 0.614 e. The summed E-state index contributed by atoms with van der Waals surface area (Å²) in [6, 6.07) is 11.1. The van der Waals surface area contributed by atoms with Crippen LogP contribution in [-0.2, 0) is 38.5 Å². The zero-order chi connectivity index (χ0) is 25.7. The van der Waals surface area contributed by atoms with E-state index in [0.717, 1.165) is 0 Å². The fourth-order valence-electron chi connectivity index (χ4n) is 4.52. The minimum absolute atomic E-state index is 0.0647. The number of halogens is 1. The SMILES string of the molecule is CC1(C)[S+]([O-])[C@@H]2C(Br)C(=O)N2[C@@]1(Cc1ccc([N+](=O)[O-])cc1)C(=O)OCc1ccc([N+](=O)[O-])cc1. The van der Waals surface area contributed by atoms with Crippen molar-refractivity contribution in [1.29, 1.82) is 0 Å². The Balaban J connectivity index is 1.68. The number of carbonyl (C=O) groups excluding carboxylic acids is 2. The summed E-state index contributed by atoms with van der Waals surface area (Å²) >= 11 is 1.63. The molecule has 2 fully saturated rings. The third-order valence-corrected chi connectivity index (χ3v) is 10.1. The van der Waals surface area contributed by atoms with Crippen molar-refractivity contribution in [1.82, 2.24) is 4.90 Å². The van der Waals surface area contributed by atoms with Gasteiger partial charge in [-0.1, -0.05) is 28.1 Å². The fraction of sp³-hybridized carbons (Fsp3) is 0.364. The molecule has 0 bridgehead atoms. The third kappa shape index (κ3) is 3.87. The average molecular weight is 566 g/mol. The number of esters is 1. The molecule has 0 saturated carbocycles. The van der Waals surface area contributed by atoms with Crippen LogP contribution in [0.1, 0.15) is 25.0 Å². The third-order valence-electron chi connectivity index (χ3n) is 6.57. The molecule has 4 atom stereocenters. The van der Waals surface area contributed by atoms with Gasteiger partial charge in [0.25, 0.3) is 11.4 Å². The lowest BCUT2D eigenvalue weighted by atomic mass is 9.76. The molecule has 2 aliphatic heterocycles. The highest BCUT2D eigenvalue weighted by Crippen LogP contribution is 2.55. The molecule has 2 aromatic rings. The Labute approximate surface area is 211 Å². The van der Waals surface area contributed by atoms with E-state index in [1.54, 1.807) is 13.8 Å². The van der Waals surface area contributed by atoms with E-state index in [9.17, 15) is 34.4 Å². The van der Waals surface area contributed by atoms with Crippen LogP contribution >= 0.6 is 15.9 Å². The Morgan fingerprint density at radius 3 is 2.00 bits per heavy atom. The maximum atomic E-state index is 13.7. The number of nitro groups is 2. The number of carbonyl (C=O) groups is 2. The highest BCUT2D eigenvalue weighted by atomic mass is 79.9. The first-order valence-electron chi connectivity index (χ1n) is 10.4. The van der Waals surface area contributed by atoms with Gasteiger partial charge in [0.15, 0.2) is 15.1 Å². The number of rotatable bonds is 7. The average Bonchev–Trinajstić information content (AvgIpc) is 2.99. The van der Waals surface area contributed by atoms with Crippen LogP contribution in [0.5, 0.6) is 0 Å². The minimum atomic E-state index is -1.64. The van der Waals surface area contributed by atoms with Crippen molar-refractivity contribution in [2.75, 3.05) is 0 Å². The number of β-lactam (4-membered cyclic amide) rings is 1. The zero-order valence-corrected chi connectivity index (χ0v) is 21.0. The first-order chi connectivity index (χ1) is 16.4. The number of hydrogen-bond donors (Lipinski definition) is 0. The van der Waals surface area contributed by atoms with Crippen molar-refractivity contribution < 1.29 is 28.7 Å². The van der Waals surface area contributed by atoms with Gasteiger partial charge >= 0.3 is 5.97 Å². The molecule has 0 aromatic heterocycles. The molecule has 2 unspecified atom stereocenters. The van der Waals surface area contributed by atoms with E-state index in [4.69, 9.17) is 4.74 Å². The lowest BCUT2D eigenvalue weighted by Gasteiger charge is -2.45. The van der Waals surface area contributed by atoms with Crippen LogP contribution in [0.15, 0.2) is 48.5 Å². The van der Waals surface area contributed by atoms with Crippen LogP contribution < -0.4 is 0 Å². The summed E-state index contributed by atoms with van der Waals surface area (Å²) in [4.78, 5) is 48.0. The van der Waals surface area contributed by atoms with Gasteiger partial charge in [-0.3, -0.25) is 29.9 Å². The Bertz CT molecular complexity index is 1210. The molecule has 0 N–H and O–H groups in total. The van der Waals surface area contributed by atoms with E-state index in [1.807, 2.05) is 0 Å². The predicted octanol–water partition coefficient (Wildman–Crippen LogP) is 3.00. The Morgan fingerprint density at radius 1 is 1.03 bits per heavy atom.